The topological polar surface area (TPSA) is 41.1 Å². The van der Waals surface area contributed by atoms with Gasteiger partial charge < -0.3 is 9.64 Å². The molecular weight excluding hydrogens is 334 g/mol. The molecule has 0 saturated carbocycles. The number of ether oxygens (including phenoxy) is 1. The third-order valence-electron chi connectivity index (χ3n) is 5.84. The Kier molecular flexibility index (Phi) is 4.32. The fourth-order valence-corrected chi connectivity index (χ4v) is 4.37. The second kappa shape index (κ2) is 7.10. The van der Waals surface area contributed by atoms with Crippen LogP contribution in [0.5, 0.6) is 5.75 Å². The minimum atomic E-state index is 0.665. The summed E-state index contributed by atoms with van der Waals surface area (Å²) in [5, 5.41) is 7.95. The summed E-state index contributed by atoms with van der Waals surface area (Å²) in [7, 11) is 0. The van der Waals surface area contributed by atoms with Crippen LogP contribution in [0.4, 0.5) is 5.69 Å². The molecular formula is C23H25N3O. The number of aryl methyl sites for hydroxylation is 1. The Hall–Kier alpha value is -2.75. The number of nitrogens with one attached hydrogen (secondary N) is 1. The predicted molar refractivity (Wildman–Crippen MR) is 108 cm³/mol. The molecule has 0 atom stereocenters. The minimum Gasteiger partial charge on any atom is -0.494 e. The molecule has 4 heteroatoms. The molecule has 2 bridgehead atoms. The average Bonchev–Trinajstić information content (AvgIpc) is 3.21. The molecule has 0 aliphatic carbocycles. The number of anilines is 1. The Morgan fingerprint density at radius 1 is 1.00 bits per heavy atom. The van der Waals surface area contributed by atoms with E-state index in [9.17, 15) is 0 Å². The van der Waals surface area contributed by atoms with E-state index in [0.717, 1.165) is 49.5 Å². The van der Waals surface area contributed by atoms with Gasteiger partial charge in [-0.05, 0) is 55.5 Å². The van der Waals surface area contributed by atoms with Crippen LogP contribution in [0.25, 0.3) is 11.3 Å². The Morgan fingerprint density at radius 2 is 1.78 bits per heavy atom. The number of piperidine rings is 1. The van der Waals surface area contributed by atoms with Crippen LogP contribution in [-0.4, -0.2) is 29.9 Å². The van der Waals surface area contributed by atoms with Crippen molar-refractivity contribution >= 4 is 5.69 Å². The van der Waals surface area contributed by atoms with Crippen molar-refractivity contribution < 1.29 is 4.74 Å². The lowest BCUT2D eigenvalue weighted by molar-refractivity contribution is 0.311. The molecule has 0 amide bonds. The molecule has 3 aliphatic heterocycles. The summed E-state index contributed by atoms with van der Waals surface area (Å²) in [5.74, 6) is 1.59. The van der Waals surface area contributed by atoms with Crippen molar-refractivity contribution in [2.45, 2.75) is 31.6 Å². The normalized spacial score (nSPS) is 15.8. The molecule has 0 radical (unpaired) electrons. The highest BCUT2D eigenvalue weighted by molar-refractivity contribution is 5.79. The molecule has 4 heterocycles. The number of hydrogen-bond donors (Lipinski definition) is 1. The van der Waals surface area contributed by atoms with Gasteiger partial charge in [0.1, 0.15) is 11.4 Å². The number of nitrogens with zero attached hydrogens (tertiary/aromatic N) is 2. The highest BCUT2D eigenvalue weighted by Gasteiger charge is 2.35. The van der Waals surface area contributed by atoms with Gasteiger partial charge in [0.15, 0.2) is 0 Å². The van der Waals surface area contributed by atoms with Gasteiger partial charge >= 0.3 is 0 Å². The van der Waals surface area contributed by atoms with E-state index < -0.39 is 0 Å². The molecule has 1 saturated heterocycles. The Balaban J connectivity index is 1.23. The van der Waals surface area contributed by atoms with Crippen LogP contribution in [0.2, 0.25) is 0 Å². The molecule has 4 nitrogen and oxygen atoms in total. The van der Waals surface area contributed by atoms with Gasteiger partial charge in [-0.3, -0.25) is 5.10 Å². The first-order valence-electron chi connectivity index (χ1n) is 9.99. The van der Waals surface area contributed by atoms with Crippen LogP contribution < -0.4 is 9.64 Å². The van der Waals surface area contributed by atoms with Crippen LogP contribution >= 0.6 is 0 Å². The number of aromatic nitrogens is 2. The molecule has 1 aromatic heterocycles. The van der Waals surface area contributed by atoms with Crippen molar-refractivity contribution in [3.8, 4) is 17.0 Å². The summed E-state index contributed by atoms with van der Waals surface area (Å²) in [6.07, 6.45) is 4.58. The Bertz CT molecular complexity index is 893. The highest BCUT2D eigenvalue weighted by atomic mass is 16.5. The van der Waals surface area contributed by atoms with E-state index in [1.807, 2.05) is 0 Å². The van der Waals surface area contributed by atoms with Crippen molar-refractivity contribution in [3.05, 3.63) is 65.9 Å². The zero-order valence-corrected chi connectivity index (χ0v) is 15.5. The third kappa shape index (κ3) is 3.20. The van der Waals surface area contributed by atoms with E-state index in [0.29, 0.717) is 5.92 Å². The Labute approximate surface area is 160 Å². The first-order chi connectivity index (χ1) is 13.4. The molecule has 0 unspecified atom stereocenters. The maximum atomic E-state index is 5.92. The second-order valence-corrected chi connectivity index (χ2v) is 7.56. The average molecular weight is 359 g/mol. The molecule has 0 spiro atoms. The van der Waals surface area contributed by atoms with Crippen molar-refractivity contribution in [1.82, 2.24) is 10.2 Å². The Morgan fingerprint density at radius 3 is 2.56 bits per heavy atom. The number of aromatic amines is 1. The van der Waals surface area contributed by atoms with Gasteiger partial charge in [-0.25, -0.2) is 0 Å². The molecule has 27 heavy (non-hydrogen) atoms. The van der Waals surface area contributed by atoms with Gasteiger partial charge in [-0.1, -0.05) is 30.3 Å². The van der Waals surface area contributed by atoms with Crippen LogP contribution in [0, 0.1) is 0 Å². The number of rotatable bonds is 6. The lowest BCUT2D eigenvalue weighted by Crippen LogP contribution is -2.38. The van der Waals surface area contributed by atoms with E-state index in [1.54, 1.807) is 0 Å². The largest absolute Gasteiger partial charge is 0.494 e. The fraction of sp³-hybridized carbons (Fsp3) is 0.348. The molecule has 138 valence electrons. The molecule has 3 aliphatic rings. The zero-order valence-electron chi connectivity index (χ0n) is 15.5. The van der Waals surface area contributed by atoms with E-state index in [4.69, 9.17) is 4.74 Å². The van der Waals surface area contributed by atoms with Crippen molar-refractivity contribution in [2.24, 2.45) is 0 Å². The maximum Gasteiger partial charge on any atom is 0.119 e. The van der Waals surface area contributed by atoms with Gasteiger partial charge in [-0.2, -0.15) is 5.10 Å². The lowest BCUT2D eigenvalue weighted by atomic mass is 9.86. The first-order valence-corrected chi connectivity index (χ1v) is 9.99. The van der Waals surface area contributed by atoms with Crippen LogP contribution in [-0.2, 0) is 6.42 Å². The minimum absolute atomic E-state index is 0.665. The van der Waals surface area contributed by atoms with Crippen molar-refractivity contribution in [1.29, 1.82) is 0 Å². The summed E-state index contributed by atoms with van der Waals surface area (Å²) < 4.78 is 5.92. The van der Waals surface area contributed by atoms with Crippen LogP contribution in [0.15, 0.2) is 54.6 Å². The monoisotopic (exact) mass is 359 g/mol. The SMILES string of the molecule is c1ccc(CCCOc2ccc(-c3n[nH]c4c3N3CCC4CC3)cc2)cc1. The molecule has 1 N–H and O–H groups in total. The summed E-state index contributed by atoms with van der Waals surface area (Å²) >= 11 is 0. The van der Waals surface area contributed by atoms with E-state index in [1.165, 1.54) is 29.8 Å². The number of fused-ring (bicyclic) bond motifs is 2. The smallest absolute Gasteiger partial charge is 0.119 e. The third-order valence-corrected chi connectivity index (χ3v) is 5.84. The van der Waals surface area contributed by atoms with Gasteiger partial charge in [0, 0.05) is 24.6 Å². The number of hydrogen-bond acceptors (Lipinski definition) is 3. The summed E-state index contributed by atoms with van der Waals surface area (Å²) in [6, 6.07) is 19.0. The molecule has 6 rings (SSSR count). The number of benzene rings is 2. The quantitative estimate of drug-likeness (QED) is 0.644. The second-order valence-electron chi connectivity index (χ2n) is 7.56. The van der Waals surface area contributed by atoms with Gasteiger partial charge in [-0.15, -0.1) is 0 Å². The molecule has 1 fully saturated rings. The van der Waals surface area contributed by atoms with Crippen LogP contribution in [0.1, 0.15) is 36.4 Å². The molecule has 3 aromatic rings. The highest BCUT2D eigenvalue weighted by Crippen LogP contribution is 2.45. The standard InChI is InChI=1S/C23H25N3O/c1-2-5-17(6-3-1)7-4-16-27-20-10-8-18(9-11-20)21-23-22(25-24-21)19-12-14-26(23)15-13-19/h1-3,5-6,8-11,19H,4,7,12-16H2,(H,24,25). The summed E-state index contributed by atoms with van der Waals surface area (Å²) in [6.45, 7) is 3.06. The van der Waals surface area contributed by atoms with Crippen molar-refractivity contribution in [2.75, 3.05) is 24.6 Å². The lowest BCUT2D eigenvalue weighted by Gasteiger charge is -2.40. The number of H-pyrrole nitrogens is 1. The van der Waals surface area contributed by atoms with Crippen LogP contribution in [0.3, 0.4) is 0 Å². The zero-order chi connectivity index (χ0) is 18.1. The van der Waals surface area contributed by atoms with Gasteiger partial charge in [0.2, 0.25) is 0 Å². The van der Waals surface area contributed by atoms with E-state index in [-0.39, 0.29) is 0 Å². The van der Waals surface area contributed by atoms with E-state index in [2.05, 4.69) is 69.7 Å². The predicted octanol–water partition coefficient (Wildman–Crippen LogP) is 4.79. The maximum absolute atomic E-state index is 5.92. The first kappa shape index (κ1) is 16.4. The van der Waals surface area contributed by atoms with Crippen molar-refractivity contribution in [3.63, 3.8) is 0 Å². The fourth-order valence-electron chi connectivity index (χ4n) is 4.37. The summed E-state index contributed by atoms with van der Waals surface area (Å²) in [5.41, 5.74) is 6.28. The van der Waals surface area contributed by atoms with Gasteiger partial charge in [0.05, 0.1) is 18.0 Å². The van der Waals surface area contributed by atoms with Gasteiger partial charge in [0.25, 0.3) is 0 Å². The summed E-state index contributed by atoms with van der Waals surface area (Å²) in [4.78, 5) is 2.49. The molecule has 2 aromatic carbocycles. The van der Waals surface area contributed by atoms with E-state index >= 15 is 0 Å².